The van der Waals surface area contributed by atoms with Crippen LogP contribution in [0.1, 0.15) is 44.5 Å². The summed E-state index contributed by atoms with van der Waals surface area (Å²) in [7, 11) is 0. The summed E-state index contributed by atoms with van der Waals surface area (Å²) in [6.07, 6.45) is 0.0139. The number of likely N-dealkylation sites (tertiary alicyclic amines) is 1. The molecule has 3 saturated heterocycles. The topological polar surface area (TPSA) is 131 Å². The van der Waals surface area contributed by atoms with Crippen LogP contribution in [0.2, 0.25) is 0 Å². The maximum absolute atomic E-state index is 13.6. The number of nitrogens with one attached hydrogen (secondary N) is 1. The minimum Gasteiger partial charge on any atom is -0.369 e. The largest absolute Gasteiger partial charge is 0.369 e. The smallest absolute Gasteiger partial charge is 0.251 e. The molecule has 0 radical (unpaired) electrons. The monoisotopic (exact) mass is 511 g/mol. The average molecular weight is 512 g/mol. The van der Waals surface area contributed by atoms with E-state index in [1.54, 1.807) is 12.1 Å². The van der Waals surface area contributed by atoms with Gasteiger partial charge in [-0.15, -0.1) is 0 Å². The van der Waals surface area contributed by atoms with Crippen molar-refractivity contribution < 1.29 is 19.1 Å². The summed E-state index contributed by atoms with van der Waals surface area (Å²) < 4.78 is 5.53. The van der Waals surface area contributed by atoms with Gasteiger partial charge in [0.25, 0.3) is 5.91 Å². The number of amides is 2. The number of ether oxygens (including phenoxy) is 1. The summed E-state index contributed by atoms with van der Waals surface area (Å²) in [5.74, 6) is -1.08. The van der Waals surface area contributed by atoms with E-state index in [1.807, 2.05) is 26.0 Å². The van der Waals surface area contributed by atoms with Gasteiger partial charge in [-0.25, -0.2) is 0 Å². The normalized spacial score (nSPS) is 25.5. The lowest BCUT2D eigenvalue weighted by atomic mass is 9.96. The molecule has 1 N–H and O–H groups in total. The van der Waals surface area contributed by atoms with Gasteiger partial charge in [-0.3, -0.25) is 19.3 Å². The summed E-state index contributed by atoms with van der Waals surface area (Å²) in [4.78, 5) is 48.4. The van der Waals surface area contributed by atoms with Crippen molar-refractivity contribution in [3.63, 3.8) is 0 Å². The molecule has 3 heterocycles. The Balaban J connectivity index is 1.45. The first kappa shape index (κ1) is 26.9. The molecule has 11 nitrogen and oxygen atoms in total. The molecule has 200 valence electrons. The first-order valence-electron chi connectivity index (χ1n) is 13.1. The van der Waals surface area contributed by atoms with Gasteiger partial charge < -0.3 is 19.9 Å². The van der Waals surface area contributed by atoms with E-state index >= 15 is 0 Å². The predicted molar refractivity (Wildman–Crippen MR) is 139 cm³/mol. The van der Waals surface area contributed by atoms with Gasteiger partial charge >= 0.3 is 0 Å². The van der Waals surface area contributed by atoms with Crippen molar-refractivity contribution in [1.29, 1.82) is 0 Å². The Kier molecular flexibility index (Phi) is 8.36. The summed E-state index contributed by atoms with van der Waals surface area (Å²) in [6, 6.07) is 5.76. The molecule has 37 heavy (non-hydrogen) atoms. The zero-order valence-electron chi connectivity index (χ0n) is 22.0. The fourth-order valence-corrected chi connectivity index (χ4v) is 5.43. The number of rotatable bonds is 8. The van der Waals surface area contributed by atoms with Crippen LogP contribution in [0, 0.1) is 5.92 Å². The fourth-order valence-electron chi connectivity index (χ4n) is 5.43. The maximum Gasteiger partial charge on any atom is 0.251 e. The van der Waals surface area contributed by atoms with Crippen molar-refractivity contribution in [2.75, 3.05) is 44.2 Å². The molecule has 3 aliphatic heterocycles. The van der Waals surface area contributed by atoms with Crippen molar-refractivity contribution in [3.05, 3.63) is 40.3 Å². The van der Waals surface area contributed by atoms with Crippen molar-refractivity contribution in [3.8, 4) is 0 Å². The Morgan fingerprint density at radius 2 is 1.84 bits per heavy atom. The second-order valence-electron chi connectivity index (χ2n) is 10.4. The van der Waals surface area contributed by atoms with E-state index in [0.29, 0.717) is 18.0 Å². The third kappa shape index (κ3) is 5.58. The van der Waals surface area contributed by atoms with Crippen molar-refractivity contribution in [1.82, 2.24) is 15.1 Å². The number of hydrogen-bond donors (Lipinski definition) is 1. The molecule has 1 aromatic rings. The van der Waals surface area contributed by atoms with Crippen molar-refractivity contribution >= 4 is 23.3 Å². The molecule has 0 bridgehead atoms. The molecule has 11 heteroatoms. The third-order valence-corrected chi connectivity index (χ3v) is 7.95. The Hall–Kier alpha value is -3.14. The summed E-state index contributed by atoms with van der Waals surface area (Å²) in [6.45, 7) is 12.1. The molecule has 4 rings (SSSR count). The number of anilines is 1. The molecule has 0 aromatic heterocycles. The van der Waals surface area contributed by atoms with Gasteiger partial charge in [0, 0.05) is 54.9 Å². The summed E-state index contributed by atoms with van der Waals surface area (Å²) in [5.41, 5.74) is 10.4. The lowest BCUT2D eigenvalue weighted by molar-refractivity contribution is -0.139. The van der Waals surface area contributed by atoms with E-state index in [-0.39, 0.29) is 36.7 Å². The molecule has 0 unspecified atom stereocenters. The van der Waals surface area contributed by atoms with E-state index in [0.717, 1.165) is 31.9 Å². The molecular formula is C26H37N7O4. The first-order valence-corrected chi connectivity index (χ1v) is 13.1. The Morgan fingerprint density at radius 3 is 2.43 bits per heavy atom. The highest BCUT2D eigenvalue weighted by atomic mass is 16.5. The Labute approximate surface area is 217 Å². The summed E-state index contributed by atoms with van der Waals surface area (Å²) in [5, 5.41) is 6.65. The molecule has 0 spiro atoms. The molecule has 1 aromatic carbocycles. The fraction of sp³-hybridized carbons (Fsp3) is 0.654. The third-order valence-electron chi connectivity index (χ3n) is 7.95. The molecule has 2 amide bonds. The number of fused-ring (bicyclic) bond motifs is 1. The Bertz CT molecular complexity index is 1050. The van der Waals surface area contributed by atoms with Gasteiger partial charge in [0.15, 0.2) is 5.78 Å². The highest BCUT2D eigenvalue weighted by Gasteiger charge is 2.53. The Morgan fingerprint density at radius 1 is 1.16 bits per heavy atom. The zero-order valence-corrected chi connectivity index (χ0v) is 22.0. The molecule has 0 aliphatic carbocycles. The SMILES string of the molecule is CC[C@H](C)[C@H](NC(=O)c1ccc(N2CCN(C(C)C)CC2)cc1)C(=O)N1C[C@H](N=[N+]=[N-])[C@H]2OCC(=O)[C@H]21. The molecule has 5 atom stereocenters. The van der Waals surface area contributed by atoms with Crippen LogP contribution in [0.25, 0.3) is 10.4 Å². The number of ketones is 1. The van der Waals surface area contributed by atoms with Crippen LogP contribution in [-0.4, -0.2) is 97.0 Å². The average Bonchev–Trinajstić information content (AvgIpc) is 3.47. The number of piperazine rings is 1. The maximum atomic E-state index is 13.6. The van der Waals surface area contributed by atoms with Crippen LogP contribution in [0.4, 0.5) is 5.69 Å². The minimum atomic E-state index is -0.819. The lowest BCUT2D eigenvalue weighted by Crippen LogP contribution is -2.54. The number of hydrogen-bond acceptors (Lipinski definition) is 7. The van der Waals surface area contributed by atoms with Crippen LogP contribution in [0.15, 0.2) is 29.4 Å². The van der Waals surface area contributed by atoms with E-state index in [9.17, 15) is 14.4 Å². The van der Waals surface area contributed by atoms with Crippen LogP contribution in [0.5, 0.6) is 0 Å². The van der Waals surface area contributed by atoms with Gasteiger partial charge in [0.1, 0.15) is 18.7 Å². The van der Waals surface area contributed by atoms with Gasteiger partial charge in [-0.05, 0) is 49.6 Å². The highest BCUT2D eigenvalue weighted by Crippen LogP contribution is 2.31. The molecule has 3 fully saturated rings. The highest BCUT2D eigenvalue weighted by molar-refractivity contribution is 5.99. The van der Waals surface area contributed by atoms with Crippen LogP contribution >= 0.6 is 0 Å². The van der Waals surface area contributed by atoms with Gasteiger partial charge in [-0.2, -0.15) is 0 Å². The standard InChI is InChI=1S/C26H37N7O4/c1-5-17(4)22(26(36)33-14-20(29-30-27)24-23(33)21(34)15-37-24)28-25(35)18-6-8-19(9-7-18)32-12-10-31(11-13-32)16(2)3/h6-9,16-17,20,22-24H,5,10-15H2,1-4H3,(H,28,35)/t17-,20-,22-,23+,24+/m0/s1. The number of azide groups is 1. The number of carbonyl (C=O) groups is 3. The van der Waals surface area contributed by atoms with E-state index in [1.165, 1.54) is 4.90 Å². The second-order valence-corrected chi connectivity index (χ2v) is 10.4. The number of Topliss-reactive ketones (excluding diaryl/α,β-unsaturated/α-hetero) is 1. The minimum absolute atomic E-state index is 0.0888. The van der Waals surface area contributed by atoms with Crippen LogP contribution in [-0.2, 0) is 14.3 Å². The van der Waals surface area contributed by atoms with E-state index in [2.05, 4.69) is 39.0 Å². The first-order chi connectivity index (χ1) is 17.7. The number of nitrogens with zero attached hydrogens (tertiary/aromatic N) is 6. The van der Waals surface area contributed by atoms with Crippen LogP contribution in [0.3, 0.4) is 0 Å². The van der Waals surface area contributed by atoms with Gasteiger partial charge in [0.2, 0.25) is 5.91 Å². The molecule has 0 saturated carbocycles. The quantitative estimate of drug-likeness (QED) is 0.323. The number of carbonyl (C=O) groups excluding carboxylic acids is 3. The molecular weight excluding hydrogens is 474 g/mol. The van der Waals surface area contributed by atoms with Crippen molar-refractivity contribution in [2.24, 2.45) is 11.0 Å². The zero-order chi connectivity index (χ0) is 26.7. The van der Waals surface area contributed by atoms with Crippen LogP contribution < -0.4 is 10.2 Å². The lowest BCUT2D eigenvalue weighted by Gasteiger charge is -2.38. The second kappa shape index (κ2) is 11.5. The van der Waals surface area contributed by atoms with Gasteiger partial charge in [-0.1, -0.05) is 25.4 Å². The number of benzene rings is 1. The summed E-state index contributed by atoms with van der Waals surface area (Å²) >= 11 is 0. The van der Waals surface area contributed by atoms with Gasteiger partial charge in [0.05, 0.1) is 12.1 Å². The molecule has 3 aliphatic rings. The predicted octanol–water partition coefficient (Wildman–Crippen LogP) is 2.22. The van der Waals surface area contributed by atoms with E-state index < -0.39 is 24.2 Å². The van der Waals surface area contributed by atoms with E-state index in [4.69, 9.17) is 10.3 Å². The van der Waals surface area contributed by atoms with Crippen molar-refractivity contribution in [2.45, 2.75) is 64.4 Å².